The van der Waals surface area contributed by atoms with Gasteiger partial charge in [0.2, 0.25) is 5.91 Å². The van der Waals surface area contributed by atoms with Crippen LogP contribution >= 0.6 is 0 Å². The molecule has 2 rings (SSSR count). The number of nitrogens with two attached hydrogens (primary N) is 1. The topological polar surface area (TPSA) is 103 Å². The summed E-state index contributed by atoms with van der Waals surface area (Å²) in [4.78, 5) is 24.6. The second-order valence-electron chi connectivity index (χ2n) is 5.44. The first-order valence-electron chi connectivity index (χ1n) is 7.52. The monoisotopic (exact) mass is 331 g/mol. The Morgan fingerprint density at radius 1 is 1.33 bits per heavy atom. The van der Waals surface area contributed by atoms with Gasteiger partial charge in [-0.05, 0) is 12.5 Å². The van der Waals surface area contributed by atoms with Crippen molar-refractivity contribution in [2.75, 3.05) is 13.7 Å². The summed E-state index contributed by atoms with van der Waals surface area (Å²) in [5, 5.41) is 7.93. The maximum absolute atomic E-state index is 11.4. The molecular formula is C16H21N5O3. The van der Waals surface area contributed by atoms with Gasteiger partial charge in [0.25, 0.3) is 0 Å². The number of carbonyl (C=O) groups is 2. The average molecular weight is 331 g/mol. The zero-order chi connectivity index (χ0) is 17.5. The molecule has 0 aliphatic rings. The van der Waals surface area contributed by atoms with Crippen LogP contribution in [0.5, 0.6) is 0 Å². The summed E-state index contributed by atoms with van der Waals surface area (Å²) in [6.07, 6.45) is 1.66. The van der Waals surface area contributed by atoms with Crippen LogP contribution < -0.4 is 5.73 Å². The molecule has 1 aromatic carbocycles. The molecule has 0 saturated carbocycles. The number of nitrogens with zero attached hydrogens (tertiary/aromatic N) is 4. The number of aromatic nitrogens is 3. The maximum Gasteiger partial charge on any atom is 0.327 e. The van der Waals surface area contributed by atoms with Crippen molar-refractivity contribution in [3.8, 4) is 0 Å². The van der Waals surface area contributed by atoms with Gasteiger partial charge in [-0.3, -0.25) is 14.5 Å². The minimum Gasteiger partial charge on any atom is -0.468 e. The van der Waals surface area contributed by atoms with Crippen molar-refractivity contribution < 1.29 is 14.3 Å². The standard InChI is InChI=1S/C16H21N5O3/c1-12(13-6-4-3-5-7-13)20(10-15(17)22)8-14-9-21(19-18-14)11-16(23)24-2/h3-7,9,12H,8,10-11H2,1-2H3,(H2,17,22)/t12-/m1/s1. The Labute approximate surface area is 140 Å². The van der Waals surface area contributed by atoms with Crippen LogP contribution in [0.25, 0.3) is 0 Å². The lowest BCUT2D eigenvalue weighted by atomic mass is 10.1. The molecule has 0 saturated heterocycles. The third-order valence-corrected chi connectivity index (χ3v) is 3.66. The highest BCUT2D eigenvalue weighted by molar-refractivity contribution is 5.76. The number of benzene rings is 1. The Bertz CT molecular complexity index is 686. The molecule has 0 bridgehead atoms. The first-order chi connectivity index (χ1) is 11.5. The molecular weight excluding hydrogens is 310 g/mol. The van der Waals surface area contributed by atoms with E-state index in [-0.39, 0.29) is 19.1 Å². The average Bonchev–Trinajstić information content (AvgIpc) is 3.00. The Hall–Kier alpha value is -2.74. The zero-order valence-corrected chi connectivity index (χ0v) is 13.8. The maximum atomic E-state index is 11.4. The summed E-state index contributed by atoms with van der Waals surface area (Å²) in [7, 11) is 1.32. The molecule has 2 N–H and O–H groups in total. The van der Waals surface area contributed by atoms with Crippen molar-refractivity contribution in [1.29, 1.82) is 0 Å². The number of esters is 1. The second kappa shape index (κ2) is 8.21. The summed E-state index contributed by atoms with van der Waals surface area (Å²) in [5.41, 5.74) is 7.08. The largest absolute Gasteiger partial charge is 0.468 e. The molecule has 128 valence electrons. The Balaban J connectivity index is 2.11. The van der Waals surface area contributed by atoms with E-state index in [9.17, 15) is 9.59 Å². The number of amides is 1. The van der Waals surface area contributed by atoms with Crippen molar-refractivity contribution in [1.82, 2.24) is 19.9 Å². The van der Waals surface area contributed by atoms with Crippen LogP contribution in [0.2, 0.25) is 0 Å². The van der Waals surface area contributed by atoms with Crippen LogP contribution in [-0.4, -0.2) is 45.4 Å². The van der Waals surface area contributed by atoms with Gasteiger partial charge in [-0.25, -0.2) is 4.68 Å². The molecule has 1 aromatic heterocycles. The van der Waals surface area contributed by atoms with E-state index in [2.05, 4.69) is 15.0 Å². The highest BCUT2D eigenvalue weighted by atomic mass is 16.5. The molecule has 0 unspecified atom stereocenters. The third kappa shape index (κ3) is 4.88. The normalized spacial score (nSPS) is 12.1. The quantitative estimate of drug-likeness (QED) is 0.707. The Kier molecular flexibility index (Phi) is 6.02. The van der Waals surface area contributed by atoms with Gasteiger partial charge in [0.1, 0.15) is 6.54 Å². The van der Waals surface area contributed by atoms with Crippen LogP contribution in [0.4, 0.5) is 0 Å². The number of hydrogen-bond acceptors (Lipinski definition) is 6. The Morgan fingerprint density at radius 2 is 2.04 bits per heavy atom. The Morgan fingerprint density at radius 3 is 2.67 bits per heavy atom. The van der Waals surface area contributed by atoms with Crippen LogP contribution in [0, 0.1) is 0 Å². The molecule has 0 aliphatic carbocycles. The van der Waals surface area contributed by atoms with Crippen molar-refractivity contribution in [3.63, 3.8) is 0 Å². The van der Waals surface area contributed by atoms with E-state index in [4.69, 9.17) is 5.73 Å². The number of carbonyl (C=O) groups excluding carboxylic acids is 2. The number of hydrogen-bond donors (Lipinski definition) is 1. The molecule has 8 nitrogen and oxygen atoms in total. The molecule has 0 radical (unpaired) electrons. The molecule has 8 heteroatoms. The first-order valence-corrected chi connectivity index (χ1v) is 7.52. The number of methoxy groups -OCH3 is 1. The molecule has 1 heterocycles. The van der Waals surface area contributed by atoms with Gasteiger partial charge in [0.15, 0.2) is 0 Å². The van der Waals surface area contributed by atoms with E-state index in [0.29, 0.717) is 12.2 Å². The number of ether oxygens (including phenoxy) is 1. The van der Waals surface area contributed by atoms with E-state index in [1.165, 1.54) is 11.8 Å². The first kappa shape index (κ1) is 17.6. The molecule has 24 heavy (non-hydrogen) atoms. The highest BCUT2D eigenvalue weighted by Gasteiger charge is 2.19. The van der Waals surface area contributed by atoms with Gasteiger partial charge in [0.05, 0.1) is 25.5 Å². The van der Waals surface area contributed by atoms with Gasteiger partial charge in [-0.2, -0.15) is 0 Å². The van der Waals surface area contributed by atoms with E-state index in [1.807, 2.05) is 42.2 Å². The fraction of sp³-hybridized carbons (Fsp3) is 0.375. The van der Waals surface area contributed by atoms with E-state index in [0.717, 1.165) is 5.56 Å². The molecule has 1 amide bonds. The van der Waals surface area contributed by atoms with E-state index >= 15 is 0 Å². The van der Waals surface area contributed by atoms with Crippen LogP contribution in [0.15, 0.2) is 36.5 Å². The smallest absolute Gasteiger partial charge is 0.327 e. The van der Waals surface area contributed by atoms with Gasteiger partial charge in [-0.15, -0.1) is 5.10 Å². The molecule has 0 fully saturated rings. The molecule has 1 atom stereocenters. The molecule has 2 aromatic rings. The van der Waals surface area contributed by atoms with Gasteiger partial charge in [-0.1, -0.05) is 35.5 Å². The van der Waals surface area contributed by atoms with Gasteiger partial charge < -0.3 is 10.5 Å². The SMILES string of the molecule is COC(=O)Cn1cc(CN(CC(N)=O)[C@H](C)c2ccccc2)nn1. The van der Waals surface area contributed by atoms with E-state index in [1.54, 1.807) is 6.20 Å². The van der Waals surface area contributed by atoms with Crippen molar-refractivity contribution in [2.24, 2.45) is 5.73 Å². The molecule has 0 aliphatic heterocycles. The number of primary amides is 1. The van der Waals surface area contributed by atoms with Crippen molar-refractivity contribution >= 4 is 11.9 Å². The van der Waals surface area contributed by atoms with Crippen molar-refractivity contribution in [3.05, 3.63) is 47.8 Å². The van der Waals surface area contributed by atoms with Gasteiger partial charge in [0, 0.05) is 12.6 Å². The summed E-state index contributed by atoms with van der Waals surface area (Å²) in [5.74, 6) is -0.821. The fourth-order valence-electron chi connectivity index (χ4n) is 2.37. The fourth-order valence-corrected chi connectivity index (χ4v) is 2.37. The van der Waals surface area contributed by atoms with E-state index < -0.39 is 11.9 Å². The highest BCUT2D eigenvalue weighted by Crippen LogP contribution is 2.21. The zero-order valence-electron chi connectivity index (χ0n) is 13.8. The summed E-state index contributed by atoms with van der Waals surface area (Å²) < 4.78 is 5.99. The minimum atomic E-state index is -0.417. The summed E-state index contributed by atoms with van der Waals surface area (Å²) >= 11 is 0. The van der Waals surface area contributed by atoms with Gasteiger partial charge >= 0.3 is 5.97 Å². The lowest BCUT2D eigenvalue weighted by molar-refractivity contribution is -0.141. The summed E-state index contributed by atoms with van der Waals surface area (Å²) in [6.45, 7) is 2.48. The minimum absolute atomic E-state index is 0.00639. The molecule has 0 spiro atoms. The number of rotatable bonds is 8. The third-order valence-electron chi connectivity index (χ3n) is 3.66. The predicted octanol–water partition coefficient (Wildman–Crippen LogP) is 0.500. The van der Waals surface area contributed by atoms with Crippen LogP contribution in [0.3, 0.4) is 0 Å². The second-order valence-corrected chi connectivity index (χ2v) is 5.44. The lowest BCUT2D eigenvalue weighted by Crippen LogP contribution is -2.35. The summed E-state index contributed by atoms with van der Waals surface area (Å²) in [6, 6.07) is 9.79. The predicted molar refractivity (Wildman–Crippen MR) is 86.5 cm³/mol. The van der Waals surface area contributed by atoms with Crippen molar-refractivity contribution in [2.45, 2.75) is 26.1 Å². The van der Waals surface area contributed by atoms with Crippen LogP contribution in [-0.2, 0) is 27.4 Å². The van der Waals surface area contributed by atoms with Crippen LogP contribution in [0.1, 0.15) is 24.2 Å². The lowest BCUT2D eigenvalue weighted by Gasteiger charge is -2.27.